The van der Waals surface area contributed by atoms with Crippen molar-refractivity contribution in [2.45, 2.75) is 85.5 Å². The summed E-state index contributed by atoms with van der Waals surface area (Å²) in [7, 11) is 0. The van der Waals surface area contributed by atoms with Gasteiger partial charge < -0.3 is 14.4 Å². The molecule has 5 rings (SSSR count). The van der Waals surface area contributed by atoms with Gasteiger partial charge in [-0.15, -0.1) is 5.10 Å². The summed E-state index contributed by atoms with van der Waals surface area (Å²) in [5.74, 6) is -0.00178. The zero-order chi connectivity index (χ0) is 34.1. The van der Waals surface area contributed by atoms with Gasteiger partial charge in [0.15, 0.2) is 0 Å². The van der Waals surface area contributed by atoms with E-state index in [4.69, 9.17) is 14.5 Å². The molecular weight excluding hydrogens is 599 g/mol. The van der Waals surface area contributed by atoms with Crippen LogP contribution in [0.15, 0.2) is 60.7 Å². The van der Waals surface area contributed by atoms with E-state index in [-0.39, 0.29) is 18.0 Å². The Balaban J connectivity index is 1.57. The number of aromatic nitrogens is 4. The van der Waals surface area contributed by atoms with Crippen LogP contribution in [0, 0.1) is 19.7 Å². The number of anilines is 2. The van der Waals surface area contributed by atoms with E-state index in [1.807, 2.05) is 90.4 Å². The van der Waals surface area contributed by atoms with Crippen LogP contribution in [0.3, 0.4) is 0 Å². The molecular formula is C36H43FN6O4. The molecule has 1 aliphatic heterocycles. The molecule has 11 heteroatoms. The summed E-state index contributed by atoms with van der Waals surface area (Å²) in [6.07, 6.45) is 0.326. The van der Waals surface area contributed by atoms with Crippen molar-refractivity contribution >= 4 is 23.7 Å². The Bertz CT molecular complexity index is 1730. The summed E-state index contributed by atoms with van der Waals surface area (Å²) < 4.78 is 27.2. The van der Waals surface area contributed by atoms with Gasteiger partial charge in [-0.1, -0.05) is 17.3 Å². The summed E-state index contributed by atoms with van der Waals surface area (Å²) in [5.41, 5.74) is 3.63. The minimum absolute atomic E-state index is 0.0998. The molecule has 2 aromatic carbocycles. The lowest BCUT2D eigenvalue weighted by Crippen LogP contribution is -2.42. The Hall–Kier alpha value is -4.80. The van der Waals surface area contributed by atoms with Crippen molar-refractivity contribution in [1.82, 2.24) is 24.9 Å². The molecule has 47 heavy (non-hydrogen) atoms. The van der Waals surface area contributed by atoms with E-state index >= 15 is 0 Å². The van der Waals surface area contributed by atoms with Crippen molar-refractivity contribution in [2.75, 3.05) is 18.0 Å². The topological polar surface area (TPSA) is 103 Å². The van der Waals surface area contributed by atoms with Crippen LogP contribution in [-0.2, 0) is 9.47 Å². The number of carbonyl (C=O) groups excluding carboxylic acids is 2. The number of nitrogens with zero attached hydrogens (tertiary/aromatic N) is 6. The summed E-state index contributed by atoms with van der Waals surface area (Å²) in [4.78, 5) is 34.7. The molecule has 0 aliphatic carbocycles. The third-order valence-corrected chi connectivity index (χ3v) is 7.52. The quantitative estimate of drug-likeness (QED) is 0.215. The van der Waals surface area contributed by atoms with E-state index in [1.54, 1.807) is 23.1 Å². The number of hydrogen-bond donors (Lipinski definition) is 0. The summed E-state index contributed by atoms with van der Waals surface area (Å²) in [6.45, 7) is 15.9. The standard InChI is InChI=1S/C36H43FN6O4/c1-23-20-24(2)22-28(21-23)42(34(45)47-36(6,7)8)30-11-9-10-29(38-30)32-31(25-12-14-26(37)15-13-25)39-40-43(32)27-16-18-41(19-17-27)33(44)46-35(3,4)5/h9-15,20-22,27H,16-19H2,1-8H3. The number of aryl methyl sites for hydroxylation is 2. The third kappa shape index (κ3) is 8.14. The predicted octanol–water partition coefficient (Wildman–Crippen LogP) is 8.41. The lowest BCUT2D eigenvalue weighted by molar-refractivity contribution is 0.0184. The van der Waals surface area contributed by atoms with Gasteiger partial charge in [0.1, 0.15) is 34.2 Å². The highest BCUT2D eigenvalue weighted by Gasteiger charge is 2.32. The van der Waals surface area contributed by atoms with Crippen LogP contribution in [0.1, 0.15) is 71.6 Å². The number of halogens is 1. The molecule has 0 atom stereocenters. The highest BCUT2D eigenvalue weighted by Crippen LogP contribution is 2.36. The second-order valence-electron chi connectivity index (χ2n) is 14.0. The second kappa shape index (κ2) is 13.1. The van der Waals surface area contributed by atoms with Gasteiger partial charge in [0, 0.05) is 18.7 Å². The van der Waals surface area contributed by atoms with Gasteiger partial charge in [-0.25, -0.2) is 28.5 Å². The third-order valence-electron chi connectivity index (χ3n) is 7.52. The zero-order valence-corrected chi connectivity index (χ0v) is 28.4. The average Bonchev–Trinajstić information content (AvgIpc) is 3.41. The molecule has 0 bridgehead atoms. The minimum atomic E-state index is -0.738. The normalized spacial score (nSPS) is 14.2. The van der Waals surface area contributed by atoms with E-state index < -0.39 is 17.3 Å². The van der Waals surface area contributed by atoms with Crippen LogP contribution in [0.5, 0.6) is 0 Å². The first kappa shape index (κ1) is 33.6. The van der Waals surface area contributed by atoms with E-state index in [0.717, 1.165) is 11.1 Å². The number of likely N-dealkylation sites (tertiary alicyclic amines) is 1. The number of hydrogen-bond acceptors (Lipinski definition) is 7. The van der Waals surface area contributed by atoms with Gasteiger partial charge in [0.25, 0.3) is 0 Å². The van der Waals surface area contributed by atoms with Crippen molar-refractivity contribution in [1.29, 1.82) is 0 Å². The number of amides is 2. The molecule has 2 aromatic heterocycles. The lowest BCUT2D eigenvalue weighted by atomic mass is 10.0. The van der Waals surface area contributed by atoms with E-state index in [0.29, 0.717) is 60.1 Å². The molecule has 3 heterocycles. The Morgan fingerprint density at radius 2 is 1.49 bits per heavy atom. The Labute approximate surface area is 275 Å². The maximum atomic E-state index is 13.9. The molecule has 0 unspecified atom stereocenters. The summed E-state index contributed by atoms with van der Waals surface area (Å²) >= 11 is 0. The molecule has 2 amide bonds. The number of benzene rings is 2. The Kier molecular flexibility index (Phi) is 9.38. The molecule has 1 fully saturated rings. The highest BCUT2D eigenvalue weighted by atomic mass is 19.1. The molecule has 1 aliphatic rings. The van der Waals surface area contributed by atoms with E-state index in [2.05, 4.69) is 10.3 Å². The Morgan fingerprint density at radius 1 is 0.872 bits per heavy atom. The molecule has 0 saturated carbocycles. The number of carbonyl (C=O) groups is 2. The van der Waals surface area contributed by atoms with Gasteiger partial charge in [-0.05, 0) is 128 Å². The van der Waals surface area contributed by atoms with Crippen LogP contribution < -0.4 is 4.90 Å². The van der Waals surface area contributed by atoms with Gasteiger partial charge in [-0.2, -0.15) is 0 Å². The second-order valence-corrected chi connectivity index (χ2v) is 14.0. The largest absolute Gasteiger partial charge is 0.444 e. The summed E-state index contributed by atoms with van der Waals surface area (Å²) in [5, 5.41) is 9.13. The van der Waals surface area contributed by atoms with Crippen LogP contribution >= 0.6 is 0 Å². The van der Waals surface area contributed by atoms with Gasteiger partial charge in [-0.3, -0.25) is 0 Å². The summed E-state index contributed by atoms with van der Waals surface area (Å²) in [6, 6.07) is 17.3. The maximum Gasteiger partial charge on any atom is 0.420 e. The van der Waals surface area contributed by atoms with Crippen molar-refractivity contribution in [3.63, 3.8) is 0 Å². The lowest BCUT2D eigenvalue weighted by Gasteiger charge is -2.33. The molecule has 10 nitrogen and oxygen atoms in total. The molecule has 0 N–H and O–H groups in total. The first-order valence-corrected chi connectivity index (χ1v) is 15.9. The fraction of sp³-hybridized carbons (Fsp3) is 0.417. The molecule has 0 radical (unpaired) electrons. The zero-order valence-electron chi connectivity index (χ0n) is 28.4. The predicted molar refractivity (Wildman–Crippen MR) is 179 cm³/mol. The fourth-order valence-electron chi connectivity index (χ4n) is 5.61. The smallest absolute Gasteiger partial charge is 0.420 e. The Morgan fingerprint density at radius 3 is 2.09 bits per heavy atom. The van der Waals surface area contributed by atoms with Gasteiger partial charge >= 0.3 is 12.2 Å². The molecule has 248 valence electrons. The van der Waals surface area contributed by atoms with E-state index in [1.165, 1.54) is 17.0 Å². The van der Waals surface area contributed by atoms with Crippen molar-refractivity contribution in [3.05, 3.63) is 77.6 Å². The van der Waals surface area contributed by atoms with Crippen LogP contribution in [0.4, 0.5) is 25.5 Å². The van der Waals surface area contributed by atoms with Crippen LogP contribution in [0.2, 0.25) is 0 Å². The van der Waals surface area contributed by atoms with Crippen molar-refractivity contribution in [2.24, 2.45) is 0 Å². The minimum Gasteiger partial charge on any atom is -0.444 e. The SMILES string of the molecule is Cc1cc(C)cc(N(C(=O)OC(C)(C)C)c2cccc(-c3c(-c4ccc(F)cc4)nnn3C3CCN(C(=O)OC(C)(C)C)CC3)n2)c1. The highest BCUT2D eigenvalue weighted by molar-refractivity contribution is 5.95. The molecule has 1 saturated heterocycles. The monoisotopic (exact) mass is 642 g/mol. The first-order valence-electron chi connectivity index (χ1n) is 15.9. The van der Waals surface area contributed by atoms with E-state index in [9.17, 15) is 14.0 Å². The number of pyridine rings is 1. The van der Waals surface area contributed by atoms with Crippen molar-refractivity contribution in [3.8, 4) is 22.6 Å². The van der Waals surface area contributed by atoms with Gasteiger partial charge in [0.05, 0.1) is 17.4 Å². The first-order chi connectivity index (χ1) is 22.1. The molecule has 0 spiro atoms. The van der Waals surface area contributed by atoms with Gasteiger partial charge in [0.2, 0.25) is 0 Å². The number of rotatable bonds is 5. The average molecular weight is 643 g/mol. The number of ether oxygens (including phenoxy) is 2. The molecule has 4 aromatic rings. The van der Waals surface area contributed by atoms with Crippen molar-refractivity contribution < 1.29 is 23.5 Å². The van der Waals surface area contributed by atoms with Crippen LogP contribution in [0.25, 0.3) is 22.6 Å². The number of piperidine rings is 1. The fourth-order valence-corrected chi connectivity index (χ4v) is 5.61. The van der Waals surface area contributed by atoms with Crippen LogP contribution in [-0.4, -0.2) is 61.4 Å². The maximum absolute atomic E-state index is 13.9.